The summed E-state index contributed by atoms with van der Waals surface area (Å²) >= 11 is 9.58. The molecule has 14 heavy (non-hydrogen) atoms. The van der Waals surface area contributed by atoms with Crippen molar-refractivity contribution in [2.75, 3.05) is 0 Å². The van der Waals surface area contributed by atoms with Crippen LogP contribution in [-0.4, -0.2) is 0 Å². The summed E-state index contributed by atoms with van der Waals surface area (Å²) < 4.78 is 5.31. The fourth-order valence-electron chi connectivity index (χ4n) is 1.32. The van der Waals surface area contributed by atoms with E-state index in [4.69, 9.17) is 0 Å². The minimum absolute atomic E-state index is 1.31. The number of hydrogen-bond acceptors (Lipinski definition) is 0. The number of benzene rings is 2. The van der Waals surface area contributed by atoms with Gasteiger partial charge < -0.3 is 0 Å². The maximum absolute atomic E-state index is 2.41. The van der Waals surface area contributed by atoms with E-state index < -0.39 is 0 Å². The zero-order valence-electron chi connectivity index (χ0n) is 6.82. The van der Waals surface area contributed by atoms with Crippen LogP contribution < -0.4 is 0 Å². The van der Waals surface area contributed by atoms with Crippen molar-refractivity contribution in [2.45, 2.75) is 0 Å². The second-order valence-electron chi connectivity index (χ2n) is 2.84. The van der Waals surface area contributed by atoms with Crippen molar-refractivity contribution >= 4 is 101 Å². The molecular weight excluding hydrogens is 628 g/mol. The van der Waals surface area contributed by atoms with Crippen molar-refractivity contribution in [3.8, 4) is 0 Å². The Morgan fingerprint density at radius 2 is 1.36 bits per heavy atom. The summed E-state index contributed by atoms with van der Waals surface area (Å²) in [6.45, 7) is 0. The molecule has 0 aliphatic rings. The number of hydrogen-bond donors (Lipinski definition) is 0. The van der Waals surface area contributed by atoms with Crippen LogP contribution in [0.5, 0.6) is 0 Å². The van der Waals surface area contributed by atoms with E-state index in [2.05, 4.69) is 115 Å². The van der Waals surface area contributed by atoms with Gasteiger partial charge in [0.2, 0.25) is 0 Å². The van der Waals surface area contributed by atoms with Crippen LogP contribution in [0.3, 0.4) is 0 Å². The molecule has 0 aliphatic carbocycles. The Hall–Kier alpha value is 1.62. The lowest BCUT2D eigenvalue weighted by molar-refractivity contribution is 1.61. The van der Waals surface area contributed by atoms with E-state index in [1.54, 1.807) is 0 Å². The Labute approximate surface area is 137 Å². The third-order valence-electron chi connectivity index (χ3n) is 1.93. The lowest BCUT2D eigenvalue weighted by atomic mass is 10.1. The molecular formula is C10H4I4. The highest BCUT2D eigenvalue weighted by Gasteiger charge is 2.07. The fraction of sp³-hybridized carbons (Fsp3) is 0. The van der Waals surface area contributed by atoms with Gasteiger partial charge >= 0.3 is 0 Å². The quantitative estimate of drug-likeness (QED) is 0.349. The normalized spacial score (nSPS) is 10.9. The monoisotopic (exact) mass is 632 g/mol. The number of halogens is 4. The molecule has 0 aliphatic heterocycles. The minimum atomic E-state index is 1.31. The molecule has 2 aromatic rings. The van der Waals surface area contributed by atoms with Crippen LogP contribution in [-0.2, 0) is 0 Å². The van der Waals surface area contributed by atoms with Gasteiger partial charge in [-0.2, -0.15) is 0 Å². The van der Waals surface area contributed by atoms with Crippen LogP contribution in [0.4, 0.5) is 0 Å². The SMILES string of the molecule is Ic1cc(I)c2c(I)ccc(I)c2c1. The van der Waals surface area contributed by atoms with Gasteiger partial charge in [-0.25, -0.2) is 0 Å². The third kappa shape index (κ3) is 2.31. The Balaban J connectivity index is 3.00. The standard InChI is InChI=1S/C10H4I4/c11-5-3-6-7(12)1-2-8(13)10(6)9(14)4-5/h1-4H. The molecule has 0 saturated heterocycles. The molecule has 4 heteroatoms. The molecule has 0 aromatic heterocycles. The van der Waals surface area contributed by atoms with Crippen LogP contribution >= 0.6 is 90.4 Å². The van der Waals surface area contributed by atoms with Gasteiger partial charge in [0, 0.05) is 19.7 Å². The first kappa shape index (κ1) is 12.1. The molecule has 0 fully saturated rings. The van der Waals surface area contributed by atoms with Crippen molar-refractivity contribution < 1.29 is 0 Å². The highest BCUT2D eigenvalue weighted by molar-refractivity contribution is 14.1. The Morgan fingerprint density at radius 3 is 2.07 bits per heavy atom. The van der Waals surface area contributed by atoms with Gasteiger partial charge in [0.05, 0.1) is 0 Å². The van der Waals surface area contributed by atoms with Crippen LogP contribution in [0, 0.1) is 14.3 Å². The molecule has 0 spiro atoms. The van der Waals surface area contributed by atoms with E-state index in [1.165, 1.54) is 25.1 Å². The van der Waals surface area contributed by atoms with E-state index in [0.29, 0.717) is 0 Å². The second kappa shape index (κ2) is 4.86. The molecule has 0 heterocycles. The molecule has 0 N–H and O–H groups in total. The lowest BCUT2D eigenvalue weighted by Crippen LogP contribution is -1.87. The van der Waals surface area contributed by atoms with Crippen molar-refractivity contribution in [1.29, 1.82) is 0 Å². The number of rotatable bonds is 0. The third-order valence-corrected chi connectivity index (χ3v) is 5.24. The summed E-state index contributed by atoms with van der Waals surface area (Å²) in [4.78, 5) is 0. The van der Waals surface area contributed by atoms with Crippen molar-refractivity contribution in [3.05, 3.63) is 38.5 Å². The average molecular weight is 632 g/mol. The Morgan fingerprint density at radius 1 is 0.714 bits per heavy atom. The van der Waals surface area contributed by atoms with Crippen molar-refractivity contribution in [1.82, 2.24) is 0 Å². The van der Waals surface area contributed by atoms with Crippen LogP contribution in [0.25, 0.3) is 10.8 Å². The van der Waals surface area contributed by atoms with Gasteiger partial charge in [-0.05, 0) is 120 Å². The fourth-order valence-corrected chi connectivity index (χ4v) is 5.34. The van der Waals surface area contributed by atoms with Gasteiger partial charge in [-0.15, -0.1) is 0 Å². The Bertz CT molecular complexity index is 505. The van der Waals surface area contributed by atoms with Crippen LogP contribution in [0.15, 0.2) is 24.3 Å². The molecule has 0 radical (unpaired) electrons. The van der Waals surface area contributed by atoms with E-state index in [0.717, 1.165) is 0 Å². The topological polar surface area (TPSA) is 0 Å². The van der Waals surface area contributed by atoms with Gasteiger partial charge in [-0.3, -0.25) is 0 Å². The zero-order chi connectivity index (χ0) is 10.3. The van der Waals surface area contributed by atoms with Crippen molar-refractivity contribution in [3.63, 3.8) is 0 Å². The molecule has 72 valence electrons. The molecule has 0 bridgehead atoms. The maximum Gasteiger partial charge on any atom is 0.0230 e. The molecule has 0 nitrogen and oxygen atoms in total. The largest absolute Gasteiger partial charge is 0.0471 e. The minimum Gasteiger partial charge on any atom is -0.0471 e. The molecule has 2 aromatic carbocycles. The summed E-state index contributed by atoms with van der Waals surface area (Å²) in [6, 6.07) is 8.83. The second-order valence-corrected chi connectivity index (χ2v) is 7.57. The van der Waals surface area contributed by atoms with E-state index in [9.17, 15) is 0 Å². The Kier molecular flexibility index (Phi) is 4.20. The summed E-state index contributed by atoms with van der Waals surface area (Å²) in [6.07, 6.45) is 0. The molecule has 0 unspecified atom stereocenters. The van der Waals surface area contributed by atoms with Crippen LogP contribution in [0.2, 0.25) is 0 Å². The summed E-state index contributed by atoms with van der Waals surface area (Å²) in [5, 5.41) is 2.76. The highest BCUT2D eigenvalue weighted by Crippen LogP contribution is 2.31. The molecule has 0 amide bonds. The van der Waals surface area contributed by atoms with Crippen molar-refractivity contribution in [2.24, 2.45) is 0 Å². The van der Waals surface area contributed by atoms with E-state index in [1.807, 2.05) is 0 Å². The molecule has 2 rings (SSSR count). The van der Waals surface area contributed by atoms with Gasteiger partial charge in [0.25, 0.3) is 0 Å². The van der Waals surface area contributed by atoms with E-state index >= 15 is 0 Å². The first-order chi connectivity index (χ1) is 6.59. The average Bonchev–Trinajstić information content (AvgIpc) is 2.10. The van der Waals surface area contributed by atoms with Crippen LogP contribution in [0.1, 0.15) is 0 Å². The number of fused-ring (bicyclic) bond motifs is 1. The highest BCUT2D eigenvalue weighted by atomic mass is 127. The van der Waals surface area contributed by atoms with E-state index in [-0.39, 0.29) is 0 Å². The summed E-state index contributed by atoms with van der Waals surface area (Å²) in [7, 11) is 0. The molecule has 0 atom stereocenters. The smallest absolute Gasteiger partial charge is 0.0230 e. The predicted octanol–water partition coefficient (Wildman–Crippen LogP) is 5.26. The maximum atomic E-state index is 2.41. The van der Waals surface area contributed by atoms with Gasteiger partial charge in [0.15, 0.2) is 0 Å². The molecule has 0 saturated carbocycles. The summed E-state index contributed by atoms with van der Waals surface area (Å²) in [5.41, 5.74) is 0. The van der Waals surface area contributed by atoms with Gasteiger partial charge in [0.1, 0.15) is 0 Å². The first-order valence-electron chi connectivity index (χ1n) is 3.82. The first-order valence-corrected chi connectivity index (χ1v) is 8.14. The zero-order valence-corrected chi connectivity index (χ0v) is 15.5. The lowest BCUT2D eigenvalue weighted by Gasteiger charge is -2.06. The summed E-state index contributed by atoms with van der Waals surface area (Å²) in [5.74, 6) is 0. The predicted molar refractivity (Wildman–Crippen MR) is 94.8 cm³/mol. The van der Waals surface area contributed by atoms with Gasteiger partial charge in [-0.1, -0.05) is 0 Å².